The summed E-state index contributed by atoms with van der Waals surface area (Å²) in [7, 11) is -3.52. The second kappa shape index (κ2) is 4.62. The third-order valence-corrected chi connectivity index (χ3v) is 5.99. The molecule has 3 rings (SSSR count). The molecule has 0 N–H and O–H groups in total. The molecule has 2 fully saturated rings. The van der Waals surface area contributed by atoms with Crippen LogP contribution in [0.3, 0.4) is 0 Å². The molecule has 4 nitrogen and oxygen atoms in total. The molecule has 1 heterocycles. The van der Waals surface area contributed by atoms with Crippen molar-refractivity contribution in [2.24, 2.45) is 5.92 Å². The standard InChI is InChI=1S/C14H16N2O2S/c15-10-12-4-1-2-6-14(12)19(17,18)16-9-3-5-13(16)11-7-8-11/h1-2,4,6,11,13H,3,5,7-9H2. The molecule has 1 aromatic carbocycles. The SMILES string of the molecule is N#Cc1ccccc1S(=O)(=O)N1CCCC1C1CC1. The topological polar surface area (TPSA) is 61.2 Å². The Bertz CT molecular complexity index is 629. The molecule has 1 saturated carbocycles. The highest BCUT2D eigenvalue weighted by Crippen LogP contribution is 2.42. The van der Waals surface area contributed by atoms with Gasteiger partial charge in [-0.05, 0) is 43.7 Å². The zero-order valence-electron chi connectivity index (χ0n) is 10.6. The van der Waals surface area contributed by atoms with Gasteiger partial charge in [-0.15, -0.1) is 0 Å². The van der Waals surface area contributed by atoms with Gasteiger partial charge in [0.15, 0.2) is 0 Å². The summed E-state index contributed by atoms with van der Waals surface area (Å²) in [6, 6.07) is 8.60. The number of nitriles is 1. The lowest BCUT2D eigenvalue weighted by Crippen LogP contribution is -2.37. The Morgan fingerprint density at radius 1 is 1.21 bits per heavy atom. The second-order valence-corrected chi connectivity index (χ2v) is 7.13. The smallest absolute Gasteiger partial charge is 0.207 e. The summed E-state index contributed by atoms with van der Waals surface area (Å²) in [5.41, 5.74) is 0.240. The Morgan fingerprint density at radius 3 is 2.63 bits per heavy atom. The van der Waals surface area contributed by atoms with Crippen molar-refractivity contribution in [3.05, 3.63) is 29.8 Å². The molecular formula is C14H16N2O2S. The van der Waals surface area contributed by atoms with Gasteiger partial charge >= 0.3 is 0 Å². The van der Waals surface area contributed by atoms with Crippen molar-refractivity contribution in [2.75, 3.05) is 6.54 Å². The summed E-state index contributed by atoms with van der Waals surface area (Å²) < 4.78 is 27.1. The van der Waals surface area contributed by atoms with E-state index in [9.17, 15) is 8.42 Å². The fraction of sp³-hybridized carbons (Fsp3) is 0.500. The molecule has 5 heteroatoms. The highest BCUT2D eigenvalue weighted by Gasteiger charge is 2.43. The lowest BCUT2D eigenvalue weighted by Gasteiger charge is -2.24. The normalized spacial score (nSPS) is 24.3. The van der Waals surface area contributed by atoms with Crippen molar-refractivity contribution in [3.63, 3.8) is 0 Å². The van der Waals surface area contributed by atoms with Crippen LogP contribution >= 0.6 is 0 Å². The molecule has 0 aromatic heterocycles. The zero-order chi connectivity index (χ0) is 13.5. The number of benzene rings is 1. The molecule has 1 aliphatic carbocycles. The number of rotatable bonds is 3. The number of hydrogen-bond acceptors (Lipinski definition) is 3. The summed E-state index contributed by atoms with van der Waals surface area (Å²) in [5.74, 6) is 0.534. The first-order valence-electron chi connectivity index (χ1n) is 6.65. The maximum Gasteiger partial charge on any atom is 0.244 e. The van der Waals surface area contributed by atoms with E-state index in [0.717, 1.165) is 25.7 Å². The second-order valence-electron chi connectivity index (χ2n) is 5.27. The minimum atomic E-state index is -3.52. The van der Waals surface area contributed by atoms with E-state index in [2.05, 4.69) is 0 Å². The summed E-state index contributed by atoms with van der Waals surface area (Å²) in [5, 5.41) is 9.08. The van der Waals surface area contributed by atoms with Gasteiger partial charge < -0.3 is 0 Å². The molecule has 0 radical (unpaired) electrons. The molecular weight excluding hydrogens is 260 g/mol. The van der Waals surface area contributed by atoms with Crippen molar-refractivity contribution in [1.82, 2.24) is 4.31 Å². The zero-order valence-corrected chi connectivity index (χ0v) is 11.4. The Morgan fingerprint density at radius 2 is 1.95 bits per heavy atom. The van der Waals surface area contributed by atoms with Gasteiger partial charge in [-0.3, -0.25) is 0 Å². The maximum absolute atomic E-state index is 12.7. The first-order chi connectivity index (χ1) is 9.14. The first kappa shape index (κ1) is 12.6. The first-order valence-corrected chi connectivity index (χ1v) is 8.09. The predicted molar refractivity (Wildman–Crippen MR) is 70.8 cm³/mol. The van der Waals surface area contributed by atoms with E-state index in [4.69, 9.17) is 5.26 Å². The Labute approximate surface area is 113 Å². The van der Waals surface area contributed by atoms with Crippen LogP contribution in [0.15, 0.2) is 29.2 Å². The van der Waals surface area contributed by atoms with Crippen LogP contribution in [0.1, 0.15) is 31.2 Å². The lowest BCUT2D eigenvalue weighted by molar-refractivity contribution is 0.356. The van der Waals surface area contributed by atoms with Gasteiger partial charge in [-0.25, -0.2) is 8.42 Å². The van der Waals surface area contributed by atoms with Gasteiger partial charge in [0.2, 0.25) is 10.0 Å². The fourth-order valence-electron chi connectivity index (χ4n) is 2.93. The van der Waals surface area contributed by atoms with Crippen LogP contribution in [-0.2, 0) is 10.0 Å². The third kappa shape index (κ3) is 2.15. The number of hydrogen-bond donors (Lipinski definition) is 0. The van der Waals surface area contributed by atoms with Crippen molar-refractivity contribution < 1.29 is 8.42 Å². The Hall–Kier alpha value is -1.38. The molecule has 100 valence electrons. The third-order valence-electron chi connectivity index (χ3n) is 4.01. The summed E-state index contributed by atoms with van der Waals surface area (Å²) in [6.07, 6.45) is 4.15. The van der Waals surface area contributed by atoms with E-state index < -0.39 is 10.0 Å². The van der Waals surface area contributed by atoms with Gasteiger partial charge in [0.05, 0.1) is 10.5 Å². The van der Waals surface area contributed by atoms with Gasteiger partial charge in [-0.1, -0.05) is 12.1 Å². The molecule has 1 aliphatic heterocycles. The lowest BCUT2D eigenvalue weighted by atomic mass is 10.1. The monoisotopic (exact) mass is 276 g/mol. The average molecular weight is 276 g/mol. The molecule has 1 saturated heterocycles. The predicted octanol–water partition coefficient (Wildman–Crippen LogP) is 2.12. The van der Waals surface area contributed by atoms with Crippen LogP contribution in [0.2, 0.25) is 0 Å². The van der Waals surface area contributed by atoms with E-state index in [0.29, 0.717) is 12.5 Å². The molecule has 0 bridgehead atoms. The highest BCUT2D eigenvalue weighted by atomic mass is 32.2. The highest BCUT2D eigenvalue weighted by molar-refractivity contribution is 7.89. The minimum absolute atomic E-state index is 0.150. The van der Waals surface area contributed by atoms with Crippen LogP contribution in [0.25, 0.3) is 0 Å². The van der Waals surface area contributed by atoms with Crippen LogP contribution in [-0.4, -0.2) is 25.3 Å². The molecule has 1 atom stereocenters. The van der Waals surface area contributed by atoms with Gasteiger partial charge in [0.1, 0.15) is 6.07 Å². The molecule has 2 aliphatic rings. The van der Waals surface area contributed by atoms with Crippen LogP contribution in [0, 0.1) is 17.2 Å². The summed E-state index contributed by atoms with van der Waals surface area (Å²) >= 11 is 0. The Kier molecular flexibility index (Phi) is 3.08. The number of nitrogens with zero attached hydrogens (tertiary/aromatic N) is 2. The average Bonchev–Trinajstić information content (AvgIpc) is 3.15. The van der Waals surface area contributed by atoms with E-state index in [1.54, 1.807) is 22.5 Å². The summed E-state index contributed by atoms with van der Waals surface area (Å²) in [4.78, 5) is 0.157. The quantitative estimate of drug-likeness (QED) is 0.849. The molecule has 19 heavy (non-hydrogen) atoms. The van der Waals surface area contributed by atoms with E-state index in [-0.39, 0.29) is 16.5 Å². The molecule has 0 spiro atoms. The summed E-state index contributed by atoms with van der Waals surface area (Å²) in [6.45, 7) is 0.587. The number of sulfonamides is 1. The van der Waals surface area contributed by atoms with Crippen molar-refractivity contribution >= 4 is 10.0 Å². The molecule has 1 unspecified atom stereocenters. The van der Waals surface area contributed by atoms with E-state index >= 15 is 0 Å². The largest absolute Gasteiger partial charge is 0.244 e. The van der Waals surface area contributed by atoms with Crippen molar-refractivity contribution in [2.45, 2.75) is 36.6 Å². The van der Waals surface area contributed by atoms with E-state index in [1.807, 2.05) is 6.07 Å². The van der Waals surface area contributed by atoms with Crippen LogP contribution in [0.5, 0.6) is 0 Å². The minimum Gasteiger partial charge on any atom is -0.207 e. The van der Waals surface area contributed by atoms with Crippen LogP contribution in [0.4, 0.5) is 0 Å². The van der Waals surface area contributed by atoms with Crippen molar-refractivity contribution in [1.29, 1.82) is 5.26 Å². The van der Waals surface area contributed by atoms with Gasteiger partial charge in [0, 0.05) is 12.6 Å². The van der Waals surface area contributed by atoms with Gasteiger partial charge in [0.25, 0.3) is 0 Å². The Balaban J connectivity index is 2.00. The van der Waals surface area contributed by atoms with E-state index in [1.165, 1.54) is 6.07 Å². The molecule has 1 aromatic rings. The van der Waals surface area contributed by atoms with Gasteiger partial charge in [-0.2, -0.15) is 9.57 Å². The van der Waals surface area contributed by atoms with Crippen LogP contribution < -0.4 is 0 Å². The maximum atomic E-state index is 12.7. The van der Waals surface area contributed by atoms with Crippen molar-refractivity contribution in [3.8, 4) is 6.07 Å². The fourth-order valence-corrected chi connectivity index (χ4v) is 4.82. The molecule has 0 amide bonds.